The lowest BCUT2D eigenvalue weighted by Gasteiger charge is -2.36. The fourth-order valence-corrected chi connectivity index (χ4v) is 7.81. The summed E-state index contributed by atoms with van der Waals surface area (Å²) >= 11 is 1.26. The van der Waals surface area contributed by atoms with Crippen molar-refractivity contribution in [2.75, 3.05) is 18.5 Å². The first-order valence-electron chi connectivity index (χ1n) is 15.5. The number of anilines is 1. The molecule has 3 atom stereocenters. The van der Waals surface area contributed by atoms with E-state index in [9.17, 15) is 18.8 Å². The highest BCUT2D eigenvalue weighted by Crippen LogP contribution is 2.41. The van der Waals surface area contributed by atoms with Crippen LogP contribution in [0, 0.1) is 23.7 Å². The Morgan fingerprint density at radius 2 is 1.60 bits per heavy atom. The zero-order valence-electron chi connectivity index (χ0n) is 24.2. The van der Waals surface area contributed by atoms with Gasteiger partial charge in [0.15, 0.2) is 0 Å². The van der Waals surface area contributed by atoms with Crippen molar-refractivity contribution in [1.82, 2.24) is 9.62 Å². The summed E-state index contributed by atoms with van der Waals surface area (Å²) in [6.07, 6.45) is 9.53. The van der Waals surface area contributed by atoms with E-state index in [1.165, 1.54) is 31.2 Å². The van der Waals surface area contributed by atoms with Gasteiger partial charge in [-0.3, -0.25) is 19.1 Å². The molecule has 42 heavy (non-hydrogen) atoms. The lowest BCUT2D eigenvalue weighted by Crippen LogP contribution is -2.50. The van der Waals surface area contributed by atoms with Crippen LogP contribution in [0.15, 0.2) is 59.5 Å². The van der Waals surface area contributed by atoms with Crippen LogP contribution in [0.2, 0.25) is 0 Å². The monoisotopic (exact) mass is 594 g/mol. The third kappa shape index (κ3) is 7.35. The van der Waals surface area contributed by atoms with Crippen molar-refractivity contribution in [2.45, 2.75) is 81.2 Å². The Kier molecular flexibility index (Phi) is 10.6. The lowest BCUT2D eigenvalue weighted by atomic mass is 9.76. The van der Waals surface area contributed by atoms with Gasteiger partial charge in [-0.1, -0.05) is 50.3 Å². The van der Waals surface area contributed by atoms with Gasteiger partial charge in [0.25, 0.3) is 5.91 Å². The topological polar surface area (TPSA) is 105 Å². The normalized spacial score (nSPS) is 25.5. The molecular weight excluding hydrogens is 551 g/mol. The maximum atomic E-state index is 13.9. The van der Waals surface area contributed by atoms with Gasteiger partial charge in [0.2, 0.25) is 11.8 Å². The zero-order chi connectivity index (χ0) is 29.5. The van der Waals surface area contributed by atoms with E-state index < -0.39 is 18.8 Å². The predicted molar refractivity (Wildman–Crippen MR) is 164 cm³/mol. The van der Waals surface area contributed by atoms with Gasteiger partial charge in [-0.15, -0.1) is 0 Å². The lowest BCUT2D eigenvalue weighted by molar-refractivity contribution is -0.142. The number of hydrogen-bond acceptors (Lipinski definition) is 5. The molecule has 7 nitrogen and oxygen atoms in total. The van der Waals surface area contributed by atoms with E-state index in [4.69, 9.17) is 5.73 Å². The fraction of sp³-hybridized carbons (Fsp3) is 0.545. The molecule has 1 saturated heterocycles. The van der Waals surface area contributed by atoms with Gasteiger partial charge in [-0.05, 0) is 98.2 Å². The second-order valence-electron chi connectivity index (χ2n) is 12.2. The Hall–Kier alpha value is -2.91. The summed E-state index contributed by atoms with van der Waals surface area (Å²) < 4.78 is 16.0. The minimum Gasteiger partial charge on any atom is -0.330 e. The Bertz CT molecular complexity index is 1200. The molecule has 1 heterocycles. The zero-order valence-corrected chi connectivity index (χ0v) is 25.0. The largest absolute Gasteiger partial charge is 0.330 e. The highest BCUT2D eigenvalue weighted by atomic mass is 32.2. The van der Waals surface area contributed by atoms with Gasteiger partial charge in [0.05, 0.1) is 0 Å². The summed E-state index contributed by atoms with van der Waals surface area (Å²) in [6, 6.07) is 15.5. The van der Waals surface area contributed by atoms with Crippen LogP contribution in [0.1, 0.15) is 74.6 Å². The molecule has 0 radical (unpaired) electrons. The molecule has 2 aliphatic carbocycles. The molecule has 2 saturated carbocycles. The average Bonchev–Trinajstić information content (AvgIpc) is 3.50. The highest BCUT2D eigenvalue weighted by Gasteiger charge is 2.47. The third-order valence-corrected chi connectivity index (χ3v) is 10.4. The van der Waals surface area contributed by atoms with E-state index in [1.807, 2.05) is 35.2 Å². The molecule has 0 unspecified atom stereocenters. The number of hydrogen-bond donors (Lipinski definition) is 3. The Morgan fingerprint density at radius 3 is 2.26 bits per heavy atom. The fourth-order valence-electron chi connectivity index (χ4n) is 7.18. The molecule has 2 aromatic rings. The molecule has 0 bridgehead atoms. The molecule has 3 fully saturated rings. The van der Waals surface area contributed by atoms with Crippen molar-refractivity contribution in [3.63, 3.8) is 0 Å². The van der Waals surface area contributed by atoms with Crippen molar-refractivity contribution < 1.29 is 18.8 Å². The third-order valence-electron chi connectivity index (χ3n) is 9.58. The number of nitrogens with one attached hydrogen (secondary N) is 2. The van der Waals surface area contributed by atoms with Crippen molar-refractivity contribution in [2.24, 2.45) is 29.4 Å². The summed E-state index contributed by atoms with van der Waals surface area (Å²) in [4.78, 5) is 43.1. The van der Waals surface area contributed by atoms with Crippen molar-refractivity contribution in [3.05, 3.63) is 60.2 Å². The van der Waals surface area contributed by atoms with Crippen LogP contribution in [0.3, 0.4) is 0 Å². The van der Waals surface area contributed by atoms with Crippen LogP contribution in [0.5, 0.6) is 0 Å². The number of benzene rings is 2. The number of carbonyl (C=O) groups is 3. The van der Waals surface area contributed by atoms with E-state index in [0.717, 1.165) is 37.0 Å². The molecule has 4 N–H and O–H groups in total. The van der Waals surface area contributed by atoms with Crippen LogP contribution < -0.4 is 15.8 Å². The molecule has 226 valence electrons. The summed E-state index contributed by atoms with van der Waals surface area (Å²) in [5.41, 5.74) is 7.05. The minimum absolute atomic E-state index is 0.0589. The van der Waals surface area contributed by atoms with E-state index in [1.54, 1.807) is 24.3 Å². The highest BCUT2D eigenvalue weighted by molar-refractivity contribution is 7.98. The first kappa shape index (κ1) is 30.5. The molecule has 1 aliphatic heterocycles. The van der Waals surface area contributed by atoms with Crippen LogP contribution >= 0.6 is 11.9 Å². The minimum atomic E-state index is -0.529. The van der Waals surface area contributed by atoms with Gasteiger partial charge in [-0.2, -0.15) is 0 Å². The van der Waals surface area contributed by atoms with Crippen LogP contribution in [0.25, 0.3) is 0 Å². The smallest absolute Gasteiger partial charge is 0.261 e. The number of carbonyl (C=O) groups excluding carboxylic acids is 3. The van der Waals surface area contributed by atoms with E-state index in [-0.39, 0.29) is 35.5 Å². The number of likely N-dealkylation sites (tertiary alicyclic amines) is 1. The second kappa shape index (κ2) is 14.5. The van der Waals surface area contributed by atoms with Gasteiger partial charge in [-0.25, -0.2) is 4.39 Å². The summed E-state index contributed by atoms with van der Waals surface area (Å²) in [5.74, 6) is 0.261. The van der Waals surface area contributed by atoms with Crippen LogP contribution in [-0.4, -0.2) is 47.9 Å². The number of alkyl halides is 1. The molecule has 3 aliphatic rings. The van der Waals surface area contributed by atoms with Gasteiger partial charge >= 0.3 is 0 Å². The van der Waals surface area contributed by atoms with Gasteiger partial charge in [0, 0.05) is 34.7 Å². The van der Waals surface area contributed by atoms with Gasteiger partial charge < -0.3 is 16.0 Å². The van der Waals surface area contributed by atoms with Crippen molar-refractivity contribution in [3.8, 4) is 0 Å². The SMILES string of the molecule is N[C@H](CF)C1CCC(C(=O)N2CC[C@@H](C3CCCCC3)[C@H]2C(=O)Nc2ccc(C(=O)NSc3ccccc3)cc2)CC1. The average molecular weight is 595 g/mol. The summed E-state index contributed by atoms with van der Waals surface area (Å²) in [5, 5.41) is 3.07. The van der Waals surface area contributed by atoms with Gasteiger partial charge in [0.1, 0.15) is 12.7 Å². The number of nitrogens with zero attached hydrogens (tertiary/aromatic N) is 1. The molecule has 9 heteroatoms. The first-order chi connectivity index (χ1) is 20.4. The van der Waals surface area contributed by atoms with Crippen molar-refractivity contribution in [1.29, 1.82) is 0 Å². The number of halogens is 1. The number of nitrogens with two attached hydrogens (primary N) is 1. The Labute approximate surface area is 252 Å². The Morgan fingerprint density at radius 1 is 0.905 bits per heavy atom. The predicted octanol–water partition coefficient (Wildman–Crippen LogP) is 5.96. The van der Waals surface area contributed by atoms with Crippen LogP contribution in [-0.2, 0) is 9.59 Å². The second-order valence-corrected chi connectivity index (χ2v) is 13.0. The maximum absolute atomic E-state index is 13.9. The van der Waals surface area contributed by atoms with E-state index in [2.05, 4.69) is 10.0 Å². The molecule has 2 aromatic carbocycles. The molecular formula is C33H43FN4O3S. The molecule has 0 aromatic heterocycles. The van der Waals surface area contributed by atoms with Crippen molar-refractivity contribution >= 4 is 35.4 Å². The summed E-state index contributed by atoms with van der Waals surface area (Å²) in [6.45, 7) is 0.0687. The maximum Gasteiger partial charge on any atom is 0.261 e. The standard InChI is InChI=1S/C33H43FN4O3S/c34-21-29(35)23-11-13-25(14-12-23)33(41)38-20-19-28(22-7-3-1-4-8-22)30(38)32(40)36-26-17-15-24(16-18-26)31(39)37-42-27-9-5-2-6-10-27/h2,5-6,9-10,15-18,22-23,25,28-30H,1,3-4,7-8,11-14,19-21,35H2,(H,36,40)(H,37,39)/t23?,25?,28-,29+,30-/m0/s1. The van der Waals surface area contributed by atoms with Crippen LogP contribution in [0.4, 0.5) is 10.1 Å². The van der Waals surface area contributed by atoms with E-state index >= 15 is 0 Å². The molecule has 3 amide bonds. The first-order valence-corrected chi connectivity index (χ1v) is 16.3. The molecule has 0 spiro atoms. The summed E-state index contributed by atoms with van der Waals surface area (Å²) in [7, 11) is 0. The number of amides is 3. The molecule has 5 rings (SSSR count). The van der Waals surface area contributed by atoms with E-state index in [0.29, 0.717) is 36.6 Å². The number of rotatable bonds is 9. The Balaban J connectivity index is 1.24. The quantitative estimate of drug-likeness (QED) is 0.311.